The number of hydrogen-bond donors (Lipinski definition) is 0. The van der Waals surface area contributed by atoms with Gasteiger partial charge in [-0.2, -0.15) is 0 Å². The average molecular weight is 339 g/mol. The van der Waals surface area contributed by atoms with Gasteiger partial charge in [-0.1, -0.05) is 42.5 Å². The van der Waals surface area contributed by atoms with Gasteiger partial charge in [0.15, 0.2) is 0 Å². The van der Waals surface area contributed by atoms with E-state index in [2.05, 4.69) is 4.98 Å². The minimum atomic E-state index is -0.239. The van der Waals surface area contributed by atoms with E-state index in [0.717, 1.165) is 38.8 Å². The third-order valence-electron chi connectivity index (χ3n) is 4.62. The van der Waals surface area contributed by atoms with Crippen molar-refractivity contribution in [3.63, 3.8) is 0 Å². The summed E-state index contributed by atoms with van der Waals surface area (Å²) < 4.78 is 20.3. The number of halogens is 1. The van der Waals surface area contributed by atoms with Crippen LogP contribution in [0.1, 0.15) is 0 Å². The van der Waals surface area contributed by atoms with Crippen molar-refractivity contribution in [2.75, 3.05) is 0 Å². The van der Waals surface area contributed by atoms with Crippen LogP contribution in [0.5, 0.6) is 0 Å². The van der Waals surface area contributed by atoms with E-state index in [1.807, 2.05) is 60.7 Å². The van der Waals surface area contributed by atoms with Crippen LogP contribution in [0.3, 0.4) is 0 Å². The molecule has 3 aromatic carbocycles. The molecule has 26 heavy (non-hydrogen) atoms. The summed E-state index contributed by atoms with van der Waals surface area (Å²) in [6, 6.07) is 24.5. The first-order valence-electron chi connectivity index (χ1n) is 8.43. The van der Waals surface area contributed by atoms with Gasteiger partial charge in [-0.15, -0.1) is 0 Å². The van der Waals surface area contributed by atoms with E-state index in [9.17, 15) is 4.39 Å². The van der Waals surface area contributed by atoms with E-state index < -0.39 is 0 Å². The minimum Gasteiger partial charge on any atom is -0.455 e. The smallest absolute Gasteiger partial charge is 0.144 e. The van der Waals surface area contributed by atoms with E-state index in [1.165, 1.54) is 6.07 Å². The van der Waals surface area contributed by atoms with E-state index in [1.54, 1.807) is 18.3 Å². The molecule has 0 saturated heterocycles. The molecule has 0 bridgehead atoms. The fraction of sp³-hybridized carbons (Fsp3) is 0. The van der Waals surface area contributed by atoms with E-state index in [4.69, 9.17) is 4.42 Å². The first kappa shape index (κ1) is 14.8. The van der Waals surface area contributed by atoms with Crippen molar-refractivity contribution >= 4 is 21.9 Å². The first-order valence-corrected chi connectivity index (χ1v) is 8.43. The van der Waals surface area contributed by atoms with Crippen LogP contribution in [-0.2, 0) is 0 Å². The zero-order valence-electron chi connectivity index (χ0n) is 13.8. The maximum atomic E-state index is 14.1. The molecule has 5 rings (SSSR count). The third kappa shape index (κ3) is 2.29. The fourth-order valence-corrected chi connectivity index (χ4v) is 3.38. The van der Waals surface area contributed by atoms with Crippen molar-refractivity contribution in [2.45, 2.75) is 0 Å². The number of benzene rings is 3. The zero-order valence-corrected chi connectivity index (χ0v) is 13.8. The molecule has 0 aliphatic heterocycles. The molecule has 0 N–H and O–H groups in total. The number of para-hydroxylation sites is 1. The molecule has 124 valence electrons. The Balaban J connectivity index is 1.76. The van der Waals surface area contributed by atoms with Gasteiger partial charge >= 0.3 is 0 Å². The Morgan fingerprint density at radius 1 is 0.731 bits per heavy atom. The van der Waals surface area contributed by atoms with Gasteiger partial charge in [-0.05, 0) is 42.0 Å². The summed E-state index contributed by atoms with van der Waals surface area (Å²) in [5.74, 6) is -0.239. The molecular formula is C23H14FNO. The van der Waals surface area contributed by atoms with Gasteiger partial charge in [-0.3, -0.25) is 4.98 Å². The van der Waals surface area contributed by atoms with Gasteiger partial charge in [0.1, 0.15) is 17.0 Å². The van der Waals surface area contributed by atoms with Gasteiger partial charge in [-0.25, -0.2) is 4.39 Å². The Morgan fingerprint density at radius 3 is 2.42 bits per heavy atom. The fourth-order valence-electron chi connectivity index (χ4n) is 3.38. The van der Waals surface area contributed by atoms with Crippen molar-refractivity contribution in [3.05, 3.63) is 90.9 Å². The summed E-state index contributed by atoms with van der Waals surface area (Å²) in [4.78, 5) is 4.44. The maximum Gasteiger partial charge on any atom is 0.144 e. The van der Waals surface area contributed by atoms with Gasteiger partial charge in [0.2, 0.25) is 0 Å². The van der Waals surface area contributed by atoms with Crippen molar-refractivity contribution < 1.29 is 8.81 Å². The molecule has 2 heterocycles. The summed E-state index contributed by atoms with van der Waals surface area (Å²) >= 11 is 0. The number of fused-ring (bicyclic) bond motifs is 3. The van der Waals surface area contributed by atoms with Crippen LogP contribution < -0.4 is 0 Å². The van der Waals surface area contributed by atoms with Crippen LogP contribution in [0.15, 0.2) is 89.5 Å². The standard InChI is InChI=1S/C23H14FNO/c24-20-9-2-1-6-16(20)15-11-12-17-18-7-5-8-19(21-10-3-4-13-25-21)23(18)26-22(17)14-15/h1-14H. The maximum absolute atomic E-state index is 14.1. The second kappa shape index (κ2) is 5.81. The summed E-state index contributed by atoms with van der Waals surface area (Å²) in [5.41, 5.74) is 4.73. The van der Waals surface area contributed by atoms with E-state index in [-0.39, 0.29) is 5.82 Å². The largest absolute Gasteiger partial charge is 0.455 e. The van der Waals surface area contributed by atoms with E-state index in [0.29, 0.717) is 5.56 Å². The SMILES string of the molecule is Fc1ccccc1-c1ccc2c(c1)oc1c(-c3ccccn3)cccc12. The Morgan fingerprint density at radius 2 is 1.58 bits per heavy atom. The van der Waals surface area contributed by atoms with Crippen LogP contribution in [0.2, 0.25) is 0 Å². The molecule has 0 saturated carbocycles. The minimum absolute atomic E-state index is 0.239. The molecular weight excluding hydrogens is 325 g/mol. The monoisotopic (exact) mass is 339 g/mol. The van der Waals surface area contributed by atoms with E-state index >= 15 is 0 Å². The quantitative estimate of drug-likeness (QED) is 0.369. The molecule has 0 aliphatic rings. The van der Waals surface area contributed by atoms with Crippen molar-refractivity contribution in [2.24, 2.45) is 0 Å². The molecule has 0 aliphatic carbocycles. The van der Waals surface area contributed by atoms with Gasteiger partial charge in [0.05, 0.1) is 5.69 Å². The lowest BCUT2D eigenvalue weighted by Gasteiger charge is -2.02. The molecule has 5 aromatic rings. The predicted octanol–water partition coefficient (Wildman–Crippen LogP) is 6.45. The van der Waals surface area contributed by atoms with Crippen LogP contribution in [-0.4, -0.2) is 4.98 Å². The number of hydrogen-bond acceptors (Lipinski definition) is 2. The molecule has 0 radical (unpaired) electrons. The number of pyridine rings is 1. The molecule has 0 unspecified atom stereocenters. The number of nitrogens with zero attached hydrogens (tertiary/aromatic N) is 1. The third-order valence-corrected chi connectivity index (χ3v) is 4.62. The van der Waals surface area contributed by atoms with Crippen molar-refractivity contribution in [1.29, 1.82) is 0 Å². The normalized spacial score (nSPS) is 11.3. The van der Waals surface area contributed by atoms with Crippen LogP contribution in [0, 0.1) is 5.82 Å². The molecule has 3 heteroatoms. The van der Waals surface area contributed by atoms with Crippen molar-refractivity contribution in [3.8, 4) is 22.4 Å². The number of furan rings is 1. The Bertz CT molecular complexity index is 1240. The highest BCUT2D eigenvalue weighted by Crippen LogP contribution is 2.37. The lowest BCUT2D eigenvalue weighted by molar-refractivity contribution is 0.631. The Kier molecular flexibility index (Phi) is 3.32. The van der Waals surface area contributed by atoms with Gasteiger partial charge < -0.3 is 4.42 Å². The lowest BCUT2D eigenvalue weighted by atomic mass is 10.0. The summed E-state index contributed by atoms with van der Waals surface area (Å²) in [7, 11) is 0. The zero-order chi connectivity index (χ0) is 17.5. The van der Waals surface area contributed by atoms with Crippen molar-refractivity contribution in [1.82, 2.24) is 4.98 Å². The summed E-state index contributed by atoms with van der Waals surface area (Å²) in [6.07, 6.45) is 1.77. The molecule has 0 atom stereocenters. The molecule has 0 spiro atoms. The molecule has 0 amide bonds. The molecule has 0 fully saturated rings. The second-order valence-corrected chi connectivity index (χ2v) is 6.19. The van der Waals surface area contributed by atoms with Crippen LogP contribution >= 0.6 is 0 Å². The highest BCUT2D eigenvalue weighted by molar-refractivity contribution is 6.10. The number of rotatable bonds is 2. The highest BCUT2D eigenvalue weighted by atomic mass is 19.1. The molecule has 2 aromatic heterocycles. The van der Waals surface area contributed by atoms with Gasteiger partial charge in [0, 0.05) is 28.1 Å². The topological polar surface area (TPSA) is 26.0 Å². The summed E-state index contributed by atoms with van der Waals surface area (Å²) in [5, 5.41) is 2.04. The second-order valence-electron chi connectivity index (χ2n) is 6.19. The average Bonchev–Trinajstić information content (AvgIpc) is 3.07. The Hall–Kier alpha value is -3.46. The lowest BCUT2D eigenvalue weighted by Crippen LogP contribution is -1.82. The van der Waals surface area contributed by atoms with Gasteiger partial charge in [0.25, 0.3) is 0 Å². The summed E-state index contributed by atoms with van der Waals surface area (Å²) in [6.45, 7) is 0. The molecule has 2 nitrogen and oxygen atoms in total. The van der Waals surface area contributed by atoms with Crippen LogP contribution in [0.4, 0.5) is 4.39 Å². The Labute approximate surface area is 149 Å². The highest BCUT2D eigenvalue weighted by Gasteiger charge is 2.14. The van der Waals surface area contributed by atoms with Crippen LogP contribution in [0.25, 0.3) is 44.3 Å². The predicted molar refractivity (Wildman–Crippen MR) is 102 cm³/mol. The first-order chi connectivity index (χ1) is 12.8. The number of aromatic nitrogens is 1.